The average molecular weight is 563 g/mol. The predicted octanol–water partition coefficient (Wildman–Crippen LogP) is 10.5. The second-order valence-electron chi connectivity index (χ2n) is 9.88. The normalized spacial score (nSPS) is 9.98. The minimum absolute atomic E-state index is 0.954. The standard InChI is InChI=1S/C42H27P/c1-4-10-37(11-5-1)40-22-16-34(17-23-40)28-31-43(32-29-35-18-24-41(25-19-35)38-12-6-2-7-13-38)33-30-36-20-26-42(27-21-36)39-14-8-3-9-15-39/h1-27H. The number of rotatable bonds is 3. The topological polar surface area (TPSA) is 0 Å². The van der Waals surface area contributed by atoms with Crippen LogP contribution in [0.5, 0.6) is 0 Å². The van der Waals surface area contributed by atoms with Gasteiger partial charge in [-0.25, -0.2) is 0 Å². The van der Waals surface area contributed by atoms with Crippen LogP contribution >= 0.6 is 7.92 Å². The largest absolute Gasteiger partial charge is 0.128 e. The van der Waals surface area contributed by atoms with E-state index in [2.05, 4.69) is 180 Å². The zero-order valence-electron chi connectivity index (χ0n) is 23.5. The molecule has 0 fully saturated rings. The summed E-state index contributed by atoms with van der Waals surface area (Å²) in [5, 5.41) is 0. The Labute approximate surface area is 255 Å². The third-order valence-electron chi connectivity index (χ3n) is 6.91. The van der Waals surface area contributed by atoms with Crippen molar-refractivity contribution in [2.45, 2.75) is 0 Å². The molecule has 0 saturated carbocycles. The van der Waals surface area contributed by atoms with Crippen molar-refractivity contribution in [3.8, 4) is 68.1 Å². The quantitative estimate of drug-likeness (QED) is 0.149. The molecular formula is C42H27P. The van der Waals surface area contributed by atoms with Crippen LogP contribution in [0, 0.1) is 34.7 Å². The van der Waals surface area contributed by atoms with Crippen LogP contribution in [0.25, 0.3) is 33.4 Å². The van der Waals surface area contributed by atoms with Crippen LogP contribution < -0.4 is 0 Å². The SMILES string of the molecule is C(#CP(C#Cc1ccc(-c2ccccc2)cc1)C#Cc1ccc(-c2ccccc2)cc1)c1ccc(-c2ccccc2)cc1. The van der Waals surface area contributed by atoms with Crippen LogP contribution in [0.4, 0.5) is 0 Å². The van der Waals surface area contributed by atoms with Gasteiger partial charge < -0.3 is 0 Å². The smallest absolute Gasteiger partial charge is 0.0622 e. The number of hydrogen-bond donors (Lipinski definition) is 0. The molecule has 6 aromatic carbocycles. The molecule has 43 heavy (non-hydrogen) atoms. The van der Waals surface area contributed by atoms with Crippen molar-refractivity contribution in [3.63, 3.8) is 0 Å². The van der Waals surface area contributed by atoms with Gasteiger partial charge in [0.1, 0.15) is 7.92 Å². The number of hydrogen-bond acceptors (Lipinski definition) is 0. The molecule has 1 heteroatoms. The Morgan fingerprint density at radius 2 is 0.488 bits per heavy atom. The fourth-order valence-electron chi connectivity index (χ4n) is 4.58. The van der Waals surface area contributed by atoms with Crippen molar-refractivity contribution in [3.05, 3.63) is 180 Å². The molecule has 0 amide bonds. The summed E-state index contributed by atoms with van der Waals surface area (Å²) in [6.07, 6.45) is 0. The molecule has 0 spiro atoms. The first-order chi connectivity index (χ1) is 21.3. The summed E-state index contributed by atoms with van der Waals surface area (Å²) in [4.78, 5) is 0. The van der Waals surface area contributed by atoms with Gasteiger partial charge in [-0.1, -0.05) is 145 Å². The van der Waals surface area contributed by atoms with Gasteiger partial charge in [0.2, 0.25) is 0 Å². The summed E-state index contributed by atoms with van der Waals surface area (Å²) in [6, 6.07) is 56.2. The zero-order chi connectivity index (χ0) is 29.1. The molecule has 6 aromatic rings. The van der Waals surface area contributed by atoms with Gasteiger partial charge in [-0.15, -0.1) is 0 Å². The highest BCUT2D eigenvalue weighted by Crippen LogP contribution is 2.31. The van der Waals surface area contributed by atoms with Gasteiger partial charge in [-0.2, -0.15) is 0 Å². The van der Waals surface area contributed by atoms with Crippen LogP contribution in [0.3, 0.4) is 0 Å². The lowest BCUT2D eigenvalue weighted by Crippen LogP contribution is -1.79. The molecule has 6 rings (SSSR count). The van der Waals surface area contributed by atoms with E-state index in [0.717, 1.165) is 16.7 Å². The Balaban J connectivity index is 1.25. The predicted molar refractivity (Wildman–Crippen MR) is 183 cm³/mol. The lowest BCUT2D eigenvalue weighted by atomic mass is 10.0. The van der Waals surface area contributed by atoms with Crippen LogP contribution in [0.1, 0.15) is 16.7 Å². The van der Waals surface area contributed by atoms with Gasteiger partial charge in [0.05, 0.1) is 0 Å². The molecule has 0 aliphatic rings. The molecule has 0 saturated heterocycles. The van der Waals surface area contributed by atoms with Crippen molar-refractivity contribution in [1.29, 1.82) is 0 Å². The molecular weight excluding hydrogens is 535 g/mol. The lowest BCUT2D eigenvalue weighted by molar-refractivity contribution is 1.59. The third-order valence-corrected chi connectivity index (χ3v) is 7.92. The summed E-state index contributed by atoms with van der Waals surface area (Å²) < 4.78 is 0. The Morgan fingerprint density at radius 1 is 0.256 bits per heavy atom. The summed E-state index contributed by atoms with van der Waals surface area (Å²) in [7, 11) is -1.17. The summed E-state index contributed by atoms with van der Waals surface area (Å²) in [5.41, 5.74) is 20.1. The summed E-state index contributed by atoms with van der Waals surface area (Å²) in [5.74, 6) is 9.99. The third kappa shape index (κ3) is 7.59. The zero-order valence-corrected chi connectivity index (χ0v) is 24.4. The second kappa shape index (κ2) is 13.9. The molecule has 0 heterocycles. The van der Waals surface area contributed by atoms with Crippen molar-refractivity contribution in [1.82, 2.24) is 0 Å². The van der Waals surface area contributed by atoms with E-state index in [1.54, 1.807) is 0 Å². The molecule has 0 unspecified atom stereocenters. The molecule has 0 N–H and O–H groups in total. The molecule has 200 valence electrons. The minimum atomic E-state index is -1.17. The number of benzene rings is 6. The molecule has 0 aromatic heterocycles. The minimum Gasteiger partial charge on any atom is -0.0622 e. The van der Waals surface area contributed by atoms with Crippen molar-refractivity contribution >= 4 is 7.92 Å². The fraction of sp³-hybridized carbons (Fsp3) is 0. The Kier molecular flexibility index (Phi) is 8.90. The van der Waals surface area contributed by atoms with Crippen molar-refractivity contribution < 1.29 is 0 Å². The second-order valence-corrected chi connectivity index (χ2v) is 11.2. The van der Waals surface area contributed by atoms with Gasteiger partial charge in [-0.05, 0) is 86.8 Å². The Morgan fingerprint density at radius 3 is 0.744 bits per heavy atom. The van der Waals surface area contributed by atoms with E-state index in [1.807, 2.05) is 18.2 Å². The maximum absolute atomic E-state index is 3.38. The van der Waals surface area contributed by atoms with Crippen molar-refractivity contribution in [2.75, 3.05) is 0 Å². The first kappa shape index (κ1) is 27.6. The van der Waals surface area contributed by atoms with E-state index in [1.165, 1.54) is 33.4 Å². The van der Waals surface area contributed by atoms with Crippen LogP contribution in [-0.2, 0) is 0 Å². The Hall–Kier alpha value is -5.57. The van der Waals surface area contributed by atoms with E-state index in [9.17, 15) is 0 Å². The maximum atomic E-state index is 3.38. The maximum Gasteiger partial charge on any atom is 0.128 e. The van der Waals surface area contributed by atoms with Gasteiger partial charge in [0, 0.05) is 16.7 Å². The average Bonchev–Trinajstić information content (AvgIpc) is 3.10. The molecule has 0 atom stereocenters. The van der Waals surface area contributed by atoms with Crippen LogP contribution in [0.2, 0.25) is 0 Å². The monoisotopic (exact) mass is 562 g/mol. The Bertz CT molecular complexity index is 1730. The first-order valence-electron chi connectivity index (χ1n) is 14.1. The first-order valence-corrected chi connectivity index (χ1v) is 15.5. The van der Waals surface area contributed by atoms with Gasteiger partial charge in [0.25, 0.3) is 0 Å². The van der Waals surface area contributed by atoms with Gasteiger partial charge in [-0.3, -0.25) is 0 Å². The van der Waals surface area contributed by atoms with E-state index in [-0.39, 0.29) is 0 Å². The molecule has 0 aliphatic carbocycles. The van der Waals surface area contributed by atoms with Crippen LogP contribution in [0.15, 0.2) is 164 Å². The van der Waals surface area contributed by atoms with Crippen LogP contribution in [-0.4, -0.2) is 0 Å². The van der Waals surface area contributed by atoms with Gasteiger partial charge in [0.15, 0.2) is 0 Å². The molecule has 0 bridgehead atoms. The van der Waals surface area contributed by atoms with E-state index in [0.29, 0.717) is 0 Å². The highest BCUT2D eigenvalue weighted by molar-refractivity contribution is 7.72. The summed E-state index contributed by atoms with van der Waals surface area (Å²) >= 11 is 0. The van der Waals surface area contributed by atoms with E-state index >= 15 is 0 Å². The van der Waals surface area contributed by atoms with Gasteiger partial charge >= 0.3 is 0 Å². The molecule has 0 aliphatic heterocycles. The molecule has 0 radical (unpaired) electrons. The summed E-state index contributed by atoms with van der Waals surface area (Å²) in [6.45, 7) is 0. The molecule has 0 nitrogen and oxygen atoms in total. The lowest BCUT2D eigenvalue weighted by Gasteiger charge is -2.01. The van der Waals surface area contributed by atoms with E-state index < -0.39 is 7.92 Å². The van der Waals surface area contributed by atoms with E-state index in [4.69, 9.17) is 0 Å². The highest BCUT2D eigenvalue weighted by atomic mass is 31.1. The van der Waals surface area contributed by atoms with Crippen molar-refractivity contribution in [2.24, 2.45) is 0 Å². The fourth-order valence-corrected chi connectivity index (χ4v) is 5.47. The highest BCUT2D eigenvalue weighted by Gasteiger charge is 2.01.